The maximum Gasteiger partial charge on any atom is 0.315 e. The summed E-state index contributed by atoms with van der Waals surface area (Å²) in [5.74, 6) is 2.02. The zero-order valence-electron chi connectivity index (χ0n) is 13.7. The smallest absolute Gasteiger partial charge is 0.315 e. The molecule has 2 atom stereocenters. The van der Waals surface area contributed by atoms with E-state index in [1.807, 2.05) is 24.7 Å². The van der Waals surface area contributed by atoms with Crippen molar-refractivity contribution in [3.8, 4) is 0 Å². The summed E-state index contributed by atoms with van der Waals surface area (Å²) in [4.78, 5) is 22.0. The lowest BCUT2D eigenvalue weighted by atomic mass is 10.1. The summed E-state index contributed by atoms with van der Waals surface area (Å²) < 4.78 is 1.89. The van der Waals surface area contributed by atoms with Crippen LogP contribution in [0.4, 0.5) is 4.79 Å². The van der Waals surface area contributed by atoms with Crippen molar-refractivity contribution in [3.05, 3.63) is 27.7 Å². The number of nitrogens with zero attached hydrogens (tertiary/aromatic N) is 4. The molecule has 2 aromatic heterocycles. The number of rotatable bonds is 4. The molecule has 0 saturated heterocycles. The molecule has 3 rings (SSSR count). The van der Waals surface area contributed by atoms with E-state index >= 15 is 0 Å². The highest BCUT2D eigenvalue weighted by atomic mass is 32.1. The van der Waals surface area contributed by atoms with Crippen molar-refractivity contribution < 1.29 is 4.79 Å². The van der Waals surface area contributed by atoms with Crippen molar-refractivity contribution in [1.29, 1.82) is 0 Å². The number of aromatic nitrogens is 4. The van der Waals surface area contributed by atoms with Gasteiger partial charge in [0, 0.05) is 30.0 Å². The van der Waals surface area contributed by atoms with Gasteiger partial charge < -0.3 is 10.6 Å². The van der Waals surface area contributed by atoms with Gasteiger partial charge in [-0.3, -0.25) is 0 Å². The third-order valence-corrected chi connectivity index (χ3v) is 5.07. The number of amides is 2. The summed E-state index contributed by atoms with van der Waals surface area (Å²) >= 11 is 1.68. The third kappa shape index (κ3) is 3.87. The van der Waals surface area contributed by atoms with Gasteiger partial charge in [0.15, 0.2) is 0 Å². The van der Waals surface area contributed by atoms with Gasteiger partial charge in [0.1, 0.15) is 11.6 Å². The molecule has 8 heteroatoms. The minimum atomic E-state index is -0.129. The number of hydrogen-bond acceptors (Lipinski definition) is 5. The highest BCUT2D eigenvalue weighted by Gasteiger charge is 2.22. The van der Waals surface area contributed by atoms with E-state index in [0.29, 0.717) is 13.1 Å². The summed E-state index contributed by atoms with van der Waals surface area (Å²) in [6.07, 6.45) is 3.61. The number of fused-ring (bicyclic) bond motifs is 1. The van der Waals surface area contributed by atoms with Gasteiger partial charge in [0.05, 0.1) is 17.6 Å². The quantitative estimate of drug-likeness (QED) is 0.892. The fourth-order valence-electron chi connectivity index (χ4n) is 2.72. The van der Waals surface area contributed by atoms with Crippen molar-refractivity contribution in [2.75, 3.05) is 6.54 Å². The van der Waals surface area contributed by atoms with Crippen molar-refractivity contribution in [2.24, 2.45) is 0 Å². The van der Waals surface area contributed by atoms with E-state index < -0.39 is 0 Å². The topological polar surface area (TPSA) is 84.7 Å². The van der Waals surface area contributed by atoms with Gasteiger partial charge in [-0.1, -0.05) is 6.92 Å². The molecular formula is C15H22N6OS. The van der Waals surface area contributed by atoms with Crippen LogP contribution in [0.5, 0.6) is 0 Å². The minimum absolute atomic E-state index is 0.0982. The van der Waals surface area contributed by atoms with E-state index in [0.717, 1.165) is 29.5 Å². The number of hydrogen-bond donors (Lipinski definition) is 2. The molecule has 1 aliphatic rings. The largest absolute Gasteiger partial charge is 0.337 e. The van der Waals surface area contributed by atoms with Crippen molar-refractivity contribution in [3.63, 3.8) is 0 Å². The van der Waals surface area contributed by atoms with E-state index in [-0.39, 0.29) is 18.0 Å². The second-order valence-corrected chi connectivity index (χ2v) is 7.32. The number of nitrogens with one attached hydrogen (secondary N) is 2. The van der Waals surface area contributed by atoms with E-state index in [4.69, 9.17) is 0 Å². The molecular weight excluding hydrogens is 312 g/mol. The standard InChI is InChI=1S/C15H22N6OS/c1-9(14-16-7-10(2)23-14)6-17-15(22)19-12-4-5-13-18-11(3)20-21(13)8-12/h7,9,12H,4-6,8H2,1-3H3,(H2,17,19,22). The molecule has 0 fully saturated rings. The zero-order chi connectivity index (χ0) is 16.4. The maximum absolute atomic E-state index is 12.1. The van der Waals surface area contributed by atoms with Crippen LogP contribution in [-0.2, 0) is 13.0 Å². The van der Waals surface area contributed by atoms with E-state index in [2.05, 4.69) is 32.6 Å². The van der Waals surface area contributed by atoms with Gasteiger partial charge in [0.25, 0.3) is 0 Å². The number of thiazole rings is 1. The summed E-state index contributed by atoms with van der Waals surface area (Å²) in [6, 6.07) is -0.0311. The Balaban J connectivity index is 1.46. The van der Waals surface area contributed by atoms with E-state index in [9.17, 15) is 4.79 Å². The first-order valence-corrected chi connectivity index (χ1v) is 8.70. The summed E-state index contributed by atoms with van der Waals surface area (Å²) in [5.41, 5.74) is 0. The van der Waals surface area contributed by atoms with Crippen LogP contribution in [0, 0.1) is 13.8 Å². The Bertz CT molecular complexity index is 694. The molecule has 3 heterocycles. The molecule has 2 aromatic rings. The van der Waals surface area contributed by atoms with Crippen molar-refractivity contribution >= 4 is 17.4 Å². The van der Waals surface area contributed by atoms with Crippen molar-refractivity contribution in [1.82, 2.24) is 30.4 Å². The Morgan fingerprint density at radius 2 is 2.35 bits per heavy atom. The first-order valence-electron chi connectivity index (χ1n) is 7.88. The molecule has 0 radical (unpaired) electrons. The fourth-order valence-corrected chi connectivity index (χ4v) is 3.55. The van der Waals surface area contributed by atoms with E-state index in [1.54, 1.807) is 11.3 Å². The zero-order valence-corrected chi connectivity index (χ0v) is 14.5. The fraction of sp³-hybridized carbons (Fsp3) is 0.600. The summed E-state index contributed by atoms with van der Waals surface area (Å²) in [6.45, 7) is 7.27. The third-order valence-electron chi connectivity index (χ3n) is 3.93. The molecule has 0 spiro atoms. The molecule has 0 aromatic carbocycles. The Labute approximate surface area is 139 Å². The summed E-state index contributed by atoms with van der Waals surface area (Å²) in [7, 11) is 0. The van der Waals surface area contributed by atoms with Crippen LogP contribution >= 0.6 is 11.3 Å². The minimum Gasteiger partial charge on any atom is -0.337 e. The van der Waals surface area contributed by atoms with Crippen LogP contribution in [0.3, 0.4) is 0 Å². The Hall–Kier alpha value is -1.96. The average molecular weight is 334 g/mol. The molecule has 2 unspecified atom stereocenters. The van der Waals surface area contributed by atoms with Crippen LogP contribution in [-0.4, -0.2) is 38.4 Å². The van der Waals surface area contributed by atoms with Crippen LogP contribution in [0.1, 0.15) is 40.8 Å². The number of urea groups is 1. The molecule has 0 aliphatic carbocycles. The van der Waals surface area contributed by atoms with Gasteiger partial charge >= 0.3 is 6.03 Å². The lowest BCUT2D eigenvalue weighted by Gasteiger charge is -2.24. The number of carbonyl (C=O) groups is 1. The van der Waals surface area contributed by atoms with Gasteiger partial charge in [-0.05, 0) is 20.3 Å². The number of carbonyl (C=O) groups excluding carboxylic acids is 1. The van der Waals surface area contributed by atoms with Crippen LogP contribution < -0.4 is 10.6 Å². The second kappa shape index (κ2) is 6.66. The Kier molecular flexibility index (Phi) is 4.61. The normalized spacial score (nSPS) is 18.3. The Morgan fingerprint density at radius 3 is 3.09 bits per heavy atom. The molecule has 23 heavy (non-hydrogen) atoms. The van der Waals surface area contributed by atoms with Gasteiger partial charge in [0.2, 0.25) is 0 Å². The molecule has 2 amide bonds. The van der Waals surface area contributed by atoms with Crippen molar-refractivity contribution in [2.45, 2.75) is 52.1 Å². The molecule has 7 nitrogen and oxygen atoms in total. The Morgan fingerprint density at radius 1 is 1.52 bits per heavy atom. The molecule has 0 saturated carbocycles. The lowest BCUT2D eigenvalue weighted by molar-refractivity contribution is 0.231. The average Bonchev–Trinajstić information content (AvgIpc) is 3.09. The monoisotopic (exact) mass is 334 g/mol. The van der Waals surface area contributed by atoms with Gasteiger partial charge in [-0.25, -0.2) is 19.4 Å². The molecule has 124 valence electrons. The maximum atomic E-state index is 12.1. The second-order valence-electron chi connectivity index (χ2n) is 6.06. The predicted octanol–water partition coefficient (Wildman–Crippen LogP) is 1.77. The highest BCUT2D eigenvalue weighted by Crippen LogP contribution is 2.20. The van der Waals surface area contributed by atoms with Gasteiger partial charge in [-0.15, -0.1) is 11.3 Å². The molecule has 0 bridgehead atoms. The highest BCUT2D eigenvalue weighted by molar-refractivity contribution is 7.11. The van der Waals surface area contributed by atoms with Crippen LogP contribution in [0.2, 0.25) is 0 Å². The SMILES string of the molecule is Cc1nc2n(n1)CC(NC(=O)NCC(C)c1ncc(C)s1)CC2. The predicted molar refractivity (Wildman–Crippen MR) is 88.7 cm³/mol. The molecule has 2 N–H and O–H groups in total. The number of aryl methyl sites for hydroxylation is 3. The summed E-state index contributed by atoms with van der Waals surface area (Å²) in [5, 5.41) is 11.4. The van der Waals surface area contributed by atoms with Crippen LogP contribution in [0.15, 0.2) is 6.20 Å². The molecule has 1 aliphatic heterocycles. The van der Waals surface area contributed by atoms with E-state index in [1.165, 1.54) is 4.88 Å². The van der Waals surface area contributed by atoms with Crippen LogP contribution in [0.25, 0.3) is 0 Å². The first-order chi connectivity index (χ1) is 11.0. The first kappa shape index (κ1) is 15.9. The lowest BCUT2D eigenvalue weighted by Crippen LogP contribution is -2.46. The van der Waals surface area contributed by atoms with Gasteiger partial charge in [-0.2, -0.15) is 5.10 Å².